The third-order valence-electron chi connectivity index (χ3n) is 4.48. The number of aliphatic hydroxyl groups is 1. The number of nitrogens with one attached hydrogen (secondary N) is 1. The topological polar surface area (TPSA) is 111 Å². The van der Waals surface area contributed by atoms with Gasteiger partial charge in [-0.05, 0) is 37.3 Å². The van der Waals surface area contributed by atoms with E-state index >= 15 is 0 Å². The number of pyridine rings is 1. The number of carbonyl (C=O) groups is 1. The minimum absolute atomic E-state index is 0.0543. The van der Waals surface area contributed by atoms with Gasteiger partial charge < -0.3 is 24.1 Å². The van der Waals surface area contributed by atoms with E-state index in [9.17, 15) is 9.90 Å². The van der Waals surface area contributed by atoms with E-state index in [0.29, 0.717) is 38.9 Å². The Balaban J connectivity index is 1.47. The minimum Gasteiger partial charge on any atom is -0.489 e. The summed E-state index contributed by atoms with van der Waals surface area (Å²) in [5.74, 6) is 0.404. The van der Waals surface area contributed by atoms with Crippen LogP contribution >= 0.6 is 23.2 Å². The maximum Gasteiger partial charge on any atom is 0.259 e. The van der Waals surface area contributed by atoms with Gasteiger partial charge in [0.1, 0.15) is 29.2 Å². The highest BCUT2D eigenvalue weighted by molar-refractivity contribution is 6.42. The number of aryl methyl sites for hydroxylation is 1. The van der Waals surface area contributed by atoms with Crippen LogP contribution in [-0.4, -0.2) is 40.4 Å². The number of amides is 1. The lowest BCUT2D eigenvalue weighted by atomic mass is 10.1. The van der Waals surface area contributed by atoms with Gasteiger partial charge in [-0.2, -0.15) is 0 Å². The number of halogens is 2. The van der Waals surface area contributed by atoms with E-state index in [0.717, 1.165) is 0 Å². The number of hydrogen-bond acceptors (Lipinski definition) is 7. The van der Waals surface area contributed by atoms with Crippen LogP contribution in [0.25, 0.3) is 22.6 Å². The van der Waals surface area contributed by atoms with Crippen LogP contribution in [0.15, 0.2) is 51.6 Å². The van der Waals surface area contributed by atoms with Gasteiger partial charge in [0.2, 0.25) is 0 Å². The molecule has 1 aromatic carbocycles. The third kappa shape index (κ3) is 4.51. The van der Waals surface area contributed by atoms with Crippen molar-refractivity contribution in [2.24, 2.45) is 0 Å². The summed E-state index contributed by atoms with van der Waals surface area (Å²) in [6, 6.07) is 9.99. The molecule has 0 saturated heterocycles. The largest absolute Gasteiger partial charge is 0.489 e. The number of hydrogen-bond donors (Lipinski definition) is 2. The van der Waals surface area contributed by atoms with Crippen LogP contribution in [-0.2, 0) is 0 Å². The molecule has 0 fully saturated rings. The minimum atomic E-state index is -0.982. The van der Waals surface area contributed by atoms with Crippen LogP contribution in [0.1, 0.15) is 16.1 Å². The van der Waals surface area contributed by atoms with E-state index < -0.39 is 12.0 Å². The maximum absolute atomic E-state index is 12.9. The number of carbonyl (C=O) groups excluding carboxylic acids is 1. The molecular weight excluding hydrogens is 445 g/mol. The molecule has 10 heteroatoms. The maximum atomic E-state index is 12.9. The first-order valence-electron chi connectivity index (χ1n) is 9.28. The van der Waals surface area contributed by atoms with Gasteiger partial charge in [-0.15, -0.1) is 0 Å². The summed E-state index contributed by atoms with van der Waals surface area (Å²) in [5.41, 5.74) is 1.48. The Morgan fingerprint density at radius 3 is 2.90 bits per heavy atom. The number of rotatable bonds is 7. The first-order chi connectivity index (χ1) is 14.9. The van der Waals surface area contributed by atoms with Crippen LogP contribution in [0, 0.1) is 6.92 Å². The van der Waals surface area contributed by atoms with Crippen LogP contribution < -0.4 is 10.1 Å². The van der Waals surface area contributed by atoms with Crippen LogP contribution in [0.2, 0.25) is 10.0 Å². The molecule has 0 saturated carbocycles. The molecule has 160 valence electrons. The van der Waals surface area contributed by atoms with Gasteiger partial charge in [-0.3, -0.25) is 4.79 Å². The van der Waals surface area contributed by atoms with Gasteiger partial charge in [0.05, 0.1) is 27.9 Å². The van der Waals surface area contributed by atoms with E-state index in [4.69, 9.17) is 36.9 Å². The molecule has 3 heterocycles. The predicted molar refractivity (Wildman–Crippen MR) is 115 cm³/mol. The Bertz CT molecular complexity index is 1220. The van der Waals surface area contributed by atoms with Gasteiger partial charge >= 0.3 is 0 Å². The quantitative estimate of drug-likeness (QED) is 0.422. The van der Waals surface area contributed by atoms with Crippen molar-refractivity contribution in [3.8, 4) is 17.2 Å². The van der Waals surface area contributed by atoms with Crippen molar-refractivity contribution in [1.82, 2.24) is 15.5 Å². The molecular formula is C21H17Cl2N3O5. The Labute approximate surface area is 186 Å². The second-order valence-electron chi connectivity index (χ2n) is 6.71. The molecule has 0 aliphatic heterocycles. The van der Waals surface area contributed by atoms with Gasteiger partial charge in [-0.25, -0.2) is 4.98 Å². The molecule has 0 aliphatic carbocycles. The smallest absolute Gasteiger partial charge is 0.259 e. The molecule has 1 amide bonds. The second kappa shape index (κ2) is 8.97. The molecule has 0 spiro atoms. The van der Waals surface area contributed by atoms with Crippen LogP contribution in [0.3, 0.4) is 0 Å². The second-order valence-corrected chi connectivity index (χ2v) is 7.49. The molecule has 4 aromatic rings. The Kier molecular flexibility index (Phi) is 6.13. The lowest BCUT2D eigenvalue weighted by Gasteiger charge is -2.15. The van der Waals surface area contributed by atoms with E-state index in [1.165, 1.54) is 6.26 Å². The molecule has 0 radical (unpaired) electrons. The van der Waals surface area contributed by atoms with Gasteiger partial charge in [0, 0.05) is 6.54 Å². The zero-order valence-corrected chi connectivity index (χ0v) is 17.8. The van der Waals surface area contributed by atoms with Crippen LogP contribution in [0.4, 0.5) is 0 Å². The SMILES string of the molecule is Cc1noc2nc(-c3ccco3)cc(C(=O)NCC(O)COc3cccc(Cl)c3Cl)c12. The van der Waals surface area contributed by atoms with Gasteiger partial charge in [0.25, 0.3) is 11.6 Å². The lowest BCUT2D eigenvalue weighted by molar-refractivity contribution is 0.0845. The normalized spacial score (nSPS) is 12.1. The summed E-state index contributed by atoms with van der Waals surface area (Å²) in [5, 5.41) is 17.9. The number of aromatic nitrogens is 2. The molecule has 1 atom stereocenters. The first-order valence-corrected chi connectivity index (χ1v) is 10.0. The average Bonchev–Trinajstić information content (AvgIpc) is 3.43. The highest BCUT2D eigenvalue weighted by atomic mass is 35.5. The molecule has 1 unspecified atom stereocenters. The molecule has 31 heavy (non-hydrogen) atoms. The average molecular weight is 462 g/mol. The zero-order valence-electron chi connectivity index (χ0n) is 16.3. The van der Waals surface area contributed by atoms with Crippen molar-refractivity contribution in [3.63, 3.8) is 0 Å². The van der Waals surface area contributed by atoms with Crippen molar-refractivity contribution in [2.75, 3.05) is 13.2 Å². The molecule has 8 nitrogen and oxygen atoms in total. The number of furan rings is 1. The van der Waals surface area contributed by atoms with Crippen molar-refractivity contribution in [1.29, 1.82) is 0 Å². The Hall–Kier alpha value is -3.07. The van der Waals surface area contributed by atoms with E-state index in [1.807, 2.05) is 0 Å². The van der Waals surface area contributed by atoms with Gasteiger partial charge in [-0.1, -0.05) is 34.4 Å². The van der Waals surface area contributed by atoms with E-state index in [2.05, 4.69) is 15.5 Å². The van der Waals surface area contributed by atoms with Crippen molar-refractivity contribution >= 4 is 40.2 Å². The third-order valence-corrected chi connectivity index (χ3v) is 5.28. The van der Waals surface area contributed by atoms with E-state index in [1.54, 1.807) is 43.3 Å². The number of aliphatic hydroxyl groups excluding tert-OH is 1. The van der Waals surface area contributed by atoms with Crippen molar-refractivity contribution in [3.05, 3.63) is 64.0 Å². The summed E-state index contributed by atoms with van der Waals surface area (Å²) in [7, 11) is 0. The molecule has 3 aromatic heterocycles. The fourth-order valence-electron chi connectivity index (χ4n) is 2.97. The first kappa shape index (κ1) is 21.2. The van der Waals surface area contributed by atoms with Crippen molar-refractivity contribution < 1.29 is 23.6 Å². The number of ether oxygens (including phenoxy) is 1. The summed E-state index contributed by atoms with van der Waals surface area (Å²) in [6.07, 6.45) is 0.527. The van der Waals surface area contributed by atoms with Gasteiger partial charge in [0.15, 0.2) is 5.76 Å². The van der Waals surface area contributed by atoms with Crippen LogP contribution in [0.5, 0.6) is 5.75 Å². The standard InChI is InChI=1S/C21H17Cl2N3O5/c1-11-18-13(8-15(16-6-3-7-29-16)25-21(18)31-26-11)20(28)24-9-12(27)10-30-17-5-2-4-14(22)19(17)23/h2-8,12,27H,9-10H2,1H3,(H,24,28). The fraction of sp³-hybridized carbons (Fsp3) is 0.190. The lowest BCUT2D eigenvalue weighted by Crippen LogP contribution is -2.35. The summed E-state index contributed by atoms with van der Waals surface area (Å²) >= 11 is 12.0. The molecule has 2 N–H and O–H groups in total. The Morgan fingerprint density at radius 1 is 1.29 bits per heavy atom. The summed E-state index contributed by atoms with van der Waals surface area (Å²) < 4.78 is 16.1. The summed E-state index contributed by atoms with van der Waals surface area (Å²) in [6.45, 7) is 1.57. The number of nitrogens with zero attached hydrogens (tertiary/aromatic N) is 2. The molecule has 0 aliphatic rings. The monoisotopic (exact) mass is 461 g/mol. The fourth-order valence-corrected chi connectivity index (χ4v) is 3.32. The predicted octanol–water partition coefficient (Wildman–Crippen LogP) is 4.27. The molecule has 4 rings (SSSR count). The van der Waals surface area contributed by atoms with Crippen molar-refractivity contribution in [2.45, 2.75) is 13.0 Å². The highest BCUT2D eigenvalue weighted by Crippen LogP contribution is 2.31. The van der Waals surface area contributed by atoms with E-state index in [-0.39, 0.29) is 23.9 Å². The highest BCUT2D eigenvalue weighted by Gasteiger charge is 2.21. The Morgan fingerprint density at radius 2 is 2.13 bits per heavy atom. The number of benzene rings is 1. The zero-order chi connectivity index (χ0) is 22.0. The molecule has 0 bridgehead atoms. The number of fused-ring (bicyclic) bond motifs is 1. The summed E-state index contributed by atoms with van der Waals surface area (Å²) in [4.78, 5) is 17.2.